The van der Waals surface area contributed by atoms with Crippen molar-refractivity contribution in [3.63, 3.8) is 0 Å². The van der Waals surface area contributed by atoms with E-state index in [4.69, 9.17) is 4.42 Å². The van der Waals surface area contributed by atoms with Crippen LogP contribution in [0.3, 0.4) is 0 Å². The smallest absolute Gasteiger partial charge is 0.236 e. The maximum Gasteiger partial charge on any atom is 0.236 e. The number of aromatic nitrogens is 1. The highest BCUT2D eigenvalue weighted by Crippen LogP contribution is 2.23. The number of amides is 1. The Balaban J connectivity index is 1.79. The number of hydrogen-bond donors (Lipinski definition) is 2. The standard InChI is InChI=1S/C13H17N3O2S/c1-14-6-2-5-12(17)15-8-10-9-18-13(16-10)11-4-3-7-19-11/h3-4,7,9,14H,2,5-6,8H2,1H3,(H,15,17). The van der Waals surface area contributed by atoms with E-state index in [0.717, 1.165) is 23.5 Å². The molecule has 0 saturated carbocycles. The van der Waals surface area contributed by atoms with Crippen LogP contribution in [0.25, 0.3) is 10.8 Å². The van der Waals surface area contributed by atoms with Crippen LogP contribution in [-0.2, 0) is 11.3 Å². The van der Waals surface area contributed by atoms with Crippen molar-refractivity contribution in [2.24, 2.45) is 0 Å². The lowest BCUT2D eigenvalue weighted by Gasteiger charge is -2.02. The Labute approximate surface area is 116 Å². The van der Waals surface area contributed by atoms with Gasteiger partial charge < -0.3 is 15.1 Å². The van der Waals surface area contributed by atoms with E-state index < -0.39 is 0 Å². The van der Waals surface area contributed by atoms with Crippen LogP contribution in [0.15, 0.2) is 28.2 Å². The molecule has 0 atom stereocenters. The molecule has 0 aliphatic rings. The summed E-state index contributed by atoms with van der Waals surface area (Å²) < 4.78 is 5.38. The van der Waals surface area contributed by atoms with E-state index in [1.165, 1.54) is 0 Å². The molecule has 0 aliphatic carbocycles. The van der Waals surface area contributed by atoms with E-state index in [1.54, 1.807) is 17.6 Å². The number of thiophene rings is 1. The van der Waals surface area contributed by atoms with Gasteiger partial charge in [0.25, 0.3) is 0 Å². The SMILES string of the molecule is CNCCCC(=O)NCc1coc(-c2cccs2)n1. The van der Waals surface area contributed by atoms with Crippen LogP contribution in [0.2, 0.25) is 0 Å². The second kappa shape index (κ2) is 7.06. The molecular formula is C13H17N3O2S. The number of carbonyl (C=O) groups excluding carboxylic acids is 1. The molecule has 0 unspecified atom stereocenters. The van der Waals surface area contributed by atoms with Gasteiger partial charge in [-0.15, -0.1) is 11.3 Å². The second-order valence-electron chi connectivity index (χ2n) is 4.11. The fourth-order valence-electron chi connectivity index (χ4n) is 1.60. The fraction of sp³-hybridized carbons (Fsp3) is 0.385. The molecule has 6 heteroatoms. The van der Waals surface area contributed by atoms with Crippen molar-refractivity contribution in [3.05, 3.63) is 29.5 Å². The summed E-state index contributed by atoms with van der Waals surface area (Å²) in [6, 6.07) is 3.91. The monoisotopic (exact) mass is 279 g/mol. The molecule has 2 heterocycles. The summed E-state index contributed by atoms with van der Waals surface area (Å²) in [6.45, 7) is 1.26. The van der Waals surface area contributed by atoms with Crippen molar-refractivity contribution < 1.29 is 9.21 Å². The van der Waals surface area contributed by atoms with Crippen molar-refractivity contribution in [1.82, 2.24) is 15.6 Å². The van der Waals surface area contributed by atoms with Gasteiger partial charge in [0.1, 0.15) is 6.26 Å². The van der Waals surface area contributed by atoms with Gasteiger partial charge in [0.05, 0.1) is 17.1 Å². The molecule has 0 aromatic carbocycles. The third-order valence-corrected chi connectivity index (χ3v) is 3.44. The number of carbonyl (C=O) groups is 1. The summed E-state index contributed by atoms with van der Waals surface area (Å²) >= 11 is 1.58. The van der Waals surface area contributed by atoms with Crippen LogP contribution >= 0.6 is 11.3 Å². The Kier molecular flexibility index (Phi) is 5.11. The Morgan fingerprint density at radius 1 is 1.53 bits per heavy atom. The molecular weight excluding hydrogens is 262 g/mol. The molecule has 2 N–H and O–H groups in total. The largest absolute Gasteiger partial charge is 0.443 e. The first-order valence-electron chi connectivity index (χ1n) is 6.19. The van der Waals surface area contributed by atoms with Gasteiger partial charge in [-0.05, 0) is 31.5 Å². The van der Waals surface area contributed by atoms with E-state index in [2.05, 4.69) is 15.6 Å². The summed E-state index contributed by atoms with van der Waals surface area (Å²) in [7, 11) is 1.87. The van der Waals surface area contributed by atoms with Crippen LogP contribution in [0.5, 0.6) is 0 Å². The summed E-state index contributed by atoms with van der Waals surface area (Å²) in [4.78, 5) is 16.9. The normalized spacial score (nSPS) is 10.6. The highest BCUT2D eigenvalue weighted by Gasteiger charge is 2.08. The Bertz CT molecular complexity index is 508. The summed E-state index contributed by atoms with van der Waals surface area (Å²) in [6.07, 6.45) is 2.95. The number of hydrogen-bond acceptors (Lipinski definition) is 5. The van der Waals surface area contributed by atoms with Crippen LogP contribution in [-0.4, -0.2) is 24.5 Å². The molecule has 2 aromatic heterocycles. The summed E-state index contributed by atoms with van der Waals surface area (Å²) in [5, 5.41) is 7.82. The van der Waals surface area contributed by atoms with Crippen LogP contribution in [0, 0.1) is 0 Å². The predicted molar refractivity (Wildman–Crippen MR) is 74.8 cm³/mol. The van der Waals surface area contributed by atoms with Crippen molar-refractivity contribution in [1.29, 1.82) is 0 Å². The third kappa shape index (κ3) is 4.18. The number of rotatable bonds is 7. The molecule has 2 rings (SSSR count). The maximum atomic E-state index is 11.5. The lowest BCUT2D eigenvalue weighted by atomic mass is 10.3. The maximum absolute atomic E-state index is 11.5. The van der Waals surface area contributed by atoms with Gasteiger partial charge in [0, 0.05) is 6.42 Å². The molecule has 5 nitrogen and oxygen atoms in total. The van der Waals surface area contributed by atoms with Gasteiger partial charge in [-0.3, -0.25) is 4.79 Å². The highest BCUT2D eigenvalue weighted by atomic mass is 32.1. The molecule has 0 bridgehead atoms. The molecule has 0 fully saturated rings. The zero-order chi connectivity index (χ0) is 13.5. The quantitative estimate of drug-likeness (QED) is 0.761. The lowest BCUT2D eigenvalue weighted by molar-refractivity contribution is -0.121. The minimum absolute atomic E-state index is 0.0379. The van der Waals surface area contributed by atoms with E-state index in [-0.39, 0.29) is 5.91 Å². The van der Waals surface area contributed by atoms with Gasteiger partial charge >= 0.3 is 0 Å². The Hall–Kier alpha value is -1.66. The van der Waals surface area contributed by atoms with Crippen molar-refractivity contribution in [2.45, 2.75) is 19.4 Å². The number of oxazole rings is 1. The van der Waals surface area contributed by atoms with Gasteiger partial charge in [0.2, 0.25) is 11.8 Å². The van der Waals surface area contributed by atoms with Crippen molar-refractivity contribution in [3.8, 4) is 10.8 Å². The van der Waals surface area contributed by atoms with E-state index in [1.807, 2.05) is 24.6 Å². The molecule has 1 amide bonds. The number of nitrogens with zero attached hydrogens (tertiary/aromatic N) is 1. The highest BCUT2D eigenvalue weighted by molar-refractivity contribution is 7.13. The molecule has 19 heavy (non-hydrogen) atoms. The van der Waals surface area contributed by atoms with Gasteiger partial charge in [0.15, 0.2) is 0 Å². The summed E-state index contributed by atoms with van der Waals surface area (Å²) in [5.74, 6) is 0.644. The minimum Gasteiger partial charge on any atom is -0.443 e. The van der Waals surface area contributed by atoms with Gasteiger partial charge in [-0.1, -0.05) is 6.07 Å². The average molecular weight is 279 g/mol. The van der Waals surface area contributed by atoms with Gasteiger partial charge in [-0.25, -0.2) is 4.98 Å². The predicted octanol–water partition coefficient (Wildman–Crippen LogP) is 2.02. The van der Waals surface area contributed by atoms with E-state index >= 15 is 0 Å². The summed E-state index contributed by atoms with van der Waals surface area (Å²) in [5.41, 5.74) is 0.741. The first-order valence-corrected chi connectivity index (χ1v) is 7.07. The van der Waals surface area contributed by atoms with Crippen LogP contribution in [0.4, 0.5) is 0 Å². The molecule has 102 valence electrons. The first-order chi connectivity index (χ1) is 9.29. The molecule has 0 radical (unpaired) electrons. The van der Waals surface area contributed by atoms with E-state index in [9.17, 15) is 4.79 Å². The topological polar surface area (TPSA) is 67.2 Å². The number of nitrogens with one attached hydrogen (secondary N) is 2. The Morgan fingerprint density at radius 2 is 2.42 bits per heavy atom. The lowest BCUT2D eigenvalue weighted by Crippen LogP contribution is -2.23. The average Bonchev–Trinajstić information content (AvgIpc) is 3.07. The first kappa shape index (κ1) is 13.8. The second-order valence-corrected chi connectivity index (χ2v) is 5.05. The minimum atomic E-state index is 0.0379. The molecule has 0 aliphatic heterocycles. The van der Waals surface area contributed by atoms with Gasteiger partial charge in [-0.2, -0.15) is 0 Å². The third-order valence-electron chi connectivity index (χ3n) is 2.58. The Morgan fingerprint density at radius 3 is 3.16 bits per heavy atom. The van der Waals surface area contributed by atoms with Crippen molar-refractivity contribution >= 4 is 17.2 Å². The molecule has 0 saturated heterocycles. The fourth-order valence-corrected chi connectivity index (χ4v) is 2.26. The molecule has 2 aromatic rings. The van der Waals surface area contributed by atoms with Crippen LogP contribution < -0.4 is 10.6 Å². The zero-order valence-corrected chi connectivity index (χ0v) is 11.6. The van der Waals surface area contributed by atoms with E-state index in [0.29, 0.717) is 18.9 Å². The van der Waals surface area contributed by atoms with Crippen LogP contribution in [0.1, 0.15) is 18.5 Å². The zero-order valence-electron chi connectivity index (χ0n) is 10.8. The molecule has 0 spiro atoms. The van der Waals surface area contributed by atoms with Crippen molar-refractivity contribution in [2.75, 3.05) is 13.6 Å².